The van der Waals surface area contributed by atoms with Crippen molar-refractivity contribution in [2.75, 3.05) is 5.73 Å². The maximum atomic E-state index is 6.14. The Morgan fingerprint density at radius 1 is 1.14 bits per heavy atom. The molecule has 2 heterocycles. The van der Waals surface area contributed by atoms with Crippen molar-refractivity contribution >= 4 is 16.3 Å². The Bertz CT molecular complexity index is 750. The summed E-state index contributed by atoms with van der Waals surface area (Å²) < 4.78 is 1.84. The maximum Gasteiger partial charge on any atom is 0.114 e. The van der Waals surface area contributed by atoms with Crippen LogP contribution in [0.3, 0.4) is 0 Å². The number of benzene rings is 1. The van der Waals surface area contributed by atoms with Gasteiger partial charge in [-0.2, -0.15) is 5.10 Å². The Hall–Kier alpha value is -2.14. The number of nitrogen functional groups attached to an aromatic ring is 1. The van der Waals surface area contributed by atoms with Crippen molar-refractivity contribution in [3.8, 4) is 16.9 Å². The van der Waals surface area contributed by atoms with Crippen LogP contribution in [-0.2, 0) is 5.41 Å². The van der Waals surface area contributed by atoms with Gasteiger partial charge in [0, 0.05) is 17.2 Å². The van der Waals surface area contributed by atoms with Crippen LogP contribution in [0, 0.1) is 0 Å². The Balaban J connectivity index is 1.99. The Kier molecular flexibility index (Phi) is 3.29. The summed E-state index contributed by atoms with van der Waals surface area (Å²) in [5, 5.41) is 6.19. The molecular weight excluding hydrogens is 280 g/mol. The molecule has 0 bridgehead atoms. The molecule has 21 heavy (non-hydrogen) atoms. The first-order valence-electron chi connectivity index (χ1n) is 6.82. The lowest BCUT2D eigenvalue weighted by Gasteiger charge is -2.13. The van der Waals surface area contributed by atoms with Gasteiger partial charge in [-0.3, -0.25) is 0 Å². The van der Waals surface area contributed by atoms with Crippen LogP contribution in [0.1, 0.15) is 25.8 Å². The molecule has 3 rings (SSSR count). The van der Waals surface area contributed by atoms with Crippen molar-refractivity contribution in [3.05, 3.63) is 47.7 Å². The third kappa shape index (κ3) is 2.69. The van der Waals surface area contributed by atoms with Gasteiger partial charge in [-0.1, -0.05) is 39.0 Å². The first-order valence-corrected chi connectivity index (χ1v) is 7.64. The van der Waals surface area contributed by atoms with Crippen LogP contribution in [0.2, 0.25) is 0 Å². The number of hydrogen-bond donors (Lipinski definition) is 1. The lowest BCUT2D eigenvalue weighted by Crippen LogP contribution is -2.10. The molecule has 0 unspecified atom stereocenters. The van der Waals surface area contributed by atoms with Crippen molar-refractivity contribution in [1.82, 2.24) is 14.8 Å². The monoisotopic (exact) mass is 298 g/mol. The average Bonchev–Trinajstić information content (AvgIpc) is 3.05. The predicted octanol–water partition coefficient (Wildman–Crippen LogP) is 3.88. The van der Waals surface area contributed by atoms with Crippen LogP contribution < -0.4 is 5.73 Å². The highest BCUT2D eigenvalue weighted by Crippen LogP contribution is 2.36. The van der Waals surface area contributed by atoms with Crippen LogP contribution in [0.25, 0.3) is 16.9 Å². The SMILES string of the molecule is CC(C)(C)c1nc(-c2cnn(-c3ccccc3)c2)c(N)s1. The van der Waals surface area contributed by atoms with Crippen LogP contribution in [-0.4, -0.2) is 14.8 Å². The van der Waals surface area contributed by atoms with E-state index in [2.05, 4.69) is 25.9 Å². The quantitative estimate of drug-likeness (QED) is 0.781. The molecule has 0 spiro atoms. The van der Waals surface area contributed by atoms with Gasteiger partial charge in [0.25, 0.3) is 0 Å². The van der Waals surface area contributed by atoms with Crippen LogP contribution in [0.5, 0.6) is 0 Å². The fourth-order valence-corrected chi connectivity index (χ4v) is 2.94. The fourth-order valence-electron chi connectivity index (χ4n) is 2.03. The molecular formula is C16H18N4S. The molecule has 3 aromatic rings. The zero-order valence-electron chi connectivity index (χ0n) is 12.4. The Morgan fingerprint density at radius 3 is 2.48 bits per heavy atom. The third-order valence-electron chi connectivity index (χ3n) is 3.17. The van der Waals surface area contributed by atoms with Gasteiger partial charge in [0.1, 0.15) is 15.7 Å². The van der Waals surface area contributed by atoms with E-state index in [1.54, 1.807) is 11.3 Å². The Morgan fingerprint density at radius 2 is 1.86 bits per heavy atom. The van der Waals surface area contributed by atoms with Gasteiger partial charge in [-0.25, -0.2) is 9.67 Å². The molecule has 0 atom stereocenters. The molecule has 0 saturated carbocycles. The highest BCUT2D eigenvalue weighted by atomic mass is 32.1. The van der Waals surface area contributed by atoms with Crippen molar-refractivity contribution in [3.63, 3.8) is 0 Å². The summed E-state index contributed by atoms with van der Waals surface area (Å²) in [7, 11) is 0. The lowest BCUT2D eigenvalue weighted by atomic mass is 9.98. The molecule has 0 saturated heterocycles. The molecule has 4 nitrogen and oxygen atoms in total. The molecule has 0 aliphatic carbocycles. The molecule has 0 aliphatic heterocycles. The Labute approximate surface area is 128 Å². The van der Waals surface area contributed by atoms with E-state index in [1.165, 1.54) is 0 Å². The summed E-state index contributed by atoms with van der Waals surface area (Å²) >= 11 is 1.55. The number of aromatic nitrogens is 3. The second-order valence-corrected chi connectivity index (χ2v) is 7.02. The first-order chi connectivity index (χ1) is 9.95. The first kappa shape index (κ1) is 13.8. The van der Waals surface area contributed by atoms with Crippen molar-refractivity contribution < 1.29 is 0 Å². The van der Waals surface area contributed by atoms with Crippen LogP contribution in [0.15, 0.2) is 42.7 Å². The molecule has 5 heteroatoms. The number of nitrogens with two attached hydrogens (primary N) is 1. The normalized spacial score (nSPS) is 11.8. The summed E-state index contributed by atoms with van der Waals surface area (Å²) in [4.78, 5) is 4.70. The minimum Gasteiger partial charge on any atom is -0.389 e. The minimum atomic E-state index is 0.00641. The smallest absolute Gasteiger partial charge is 0.114 e. The maximum absolute atomic E-state index is 6.14. The standard InChI is InChI=1S/C16H18N4S/c1-16(2,3)15-19-13(14(17)21-15)11-9-18-20(10-11)12-7-5-4-6-8-12/h4-10H,17H2,1-3H3. The van der Waals surface area contributed by atoms with Gasteiger partial charge in [0.15, 0.2) is 0 Å². The number of anilines is 1. The molecule has 1 aromatic carbocycles. The zero-order valence-corrected chi connectivity index (χ0v) is 13.2. The number of nitrogens with zero attached hydrogens (tertiary/aromatic N) is 3. The fraction of sp³-hybridized carbons (Fsp3) is 0.250. The summed E-state index contributed by atoms with van der Waals surface area (Å²) in [5.41, 5.74) is 8.94. The second kappa shape index (κ2) is 5.00. The van der Waals surface area contributed by atoms with Gasteiger partial charge >= 0.3 is 0 Å². The number of hydrogen-bond acceptors (Lipinski definition) is 4. The predicted molar refractivity (Wildman–Crippen MR) is 87.8 cm³/mol. The highest BCUT2D eigenvalue weighted by molar-refractivity contribution is 7.16. The van der Waals surface area contributed by atoms with Crippen LogP contribution in [0.4, 0.5) is 5.00 Å². The van der Waals surface area contributed by atoms with Gasteiger partial charge < -0.3 is 5.73 Å². The van der Waals surface area contributed by atoms with E-state index in [9.17, 15) is 0 Å². The van der Waals surface area contributed by atoms with Gasteiger partial charge in [-0.15, -0.1) is 11.3 Å². The van der Waals surface area contributed by atoms with E-state index in [1.807, 2.05) is 47.4 Å². The topological polar surface area (TPSA) is 56.7 Å². The second-order valence-electron chi connectivity index (χ2n) is 5.99. The molecule has 108 valence electrons. The van der Waals surface area contributed by atoms with E-state index in [0.29, 0.717) is 0 Å². The molecule has 2 aromatic heterocycles. The molecule has 0 fully saturated rings. The van der Waals surface area contributed by atoms with Crippen molar-refractivity contribution in [1.29, 1.82) is 0 Å². The minimum absolute atomic E-state index is 0.00641. The number of rotatable bonds is 2. The molecule has 0 radical (unpaired) electrons. The van der Waals surface area contributed by atoms with E-state index in [0.717, 1.165) is 27.0 Å². The van der Waals surface area contributed by atoms with E-state index >= 15 is 0 Å². The summed E-state index contributed by atoms with van der Waals surface area (Å²) in [5.74, 6) is 0. The van der Waals surface area contributed by atoms with Crippen molar-refractivity contribution in [2.45, 2.75) is 26.2 Å². The van der Waals surface area contributed by atoms with Gasteiger partial charge in [-0.05, 0) is 12.1 Å². The molecule has 0 amide bonds. The molecule has 0 aliphatic rings. The zero-order chi connectivity index (χ0) is 15.0. The van der Waals surface area contributed by atoms with E-state index < -0.39 is 0 Å². The third-order valence-corrected chi connectivity index (χ3v) is 4.48. The number of thiazole rings is 1. The highest BCUT2D eigenvalue weighted by Gasteiger charge is 2.21. The van der Waals surface area contributed by atoms with E-state index in [4.69, 9.17) is 10.7 Å². The summed E-state index contributed by atoms with van der Waals surface area (Å²) in [6.45, 7) is 6.42. The van der Waals surface area contributed by atoms with Gasteiger partial charge in [0.2, 0.25) is 0 Å². The average molecular weight is 298 g/mol. The summed E-state index contributed by atoms with van der Waals surface area (Å²) in [6.07, 6.45) is 3.78. The number of para-hydroxylation sites is 1. The summed E-state index contributed by atoms with van der Waals surface area (Å²) in [6, 6.07) is 10.0. The largest absolute Gasteiger partial charge is 0.389 e. The van der Waals surface area contributed by atoms with Gasteiger partial charge in [0.05, 0.1) is 11.9 Å². The van der Waals surface area contributed by atoms with E-state index in [-0.39, 0.29) is 5.41 Å². The van der Waals surface area contributed by atoms with Crippen LogP contribution >= 0.6 is 11.3 Å². The van der Waals surface area contributed by atoms with Crippen molar-refractivity contribution in [2.24, 2.45) is 0 Å². The molecule has 2 N–H and O–H groups in total. The lowest BCUT2D eigenvalue weighted by molar-refractivity contribution is 0.586.